The molecule has 0 fully saturated rings. The molecule has 2 aromatic rings. The summed E-state index contributed by atoms with van der Waals surface area (Å²) in [4.78, 5) is 17.4. The first-order valence-electron chi connectivity index (χ1n) is 10.8. The minimum absolute atomic E-state index is 0.0824. The smallest absolute Gasteiger partial charge is 0.264 e. The summed E-state index contributed by atoms with van der Waals surface area (Å²) in [6.07, 6.45) is 6.53. The molecule has 35 heavy (non-hydrogen) atoms. The van der Waals surface area contributed by atoms with E-state index in [1.165, 1.54) is 24.3 Å². The molecule has 0 saturated carbocycles. The molecule has 1 unspecified atom stereocenters. The lowest BCUT2D eigenvalue weighted by molar-refractivity contribution is 0.0706. The minimum Gasteiger partial charge on any atom is -0.333 e. The molecule has 8 nitrogen and oxygen atoms in total. The Morgan fingerprint density at radius 3 is 2.63 bits per heavy atom. The number of likely N-dealkylation sites (N-methyl/N-ethyl adjacent to an activating group) is 2. The van der Waals surface area contributed by atoms with Crippen molar-refractivity contribution in [1.82, 2.24) is 18.8 Å². The third-order valence-corrected chi connectivity index (χ3v) is 7.95. The molecule has 0 spiro atoms. The summed E-state index contributed by atoms with van der Waals surface area (Å²) in [7, 11) is 1.58. The lowest BCUT2D eigenvalue weighted by Crippen LogP contribution is -2.37. The fourth-order valence-electron chi connectivity index (χ4n) is 3.85. The Bertz CT molecular complexity index is 1310. The Morgan fingerprint density at radius 2 is 1.91 bits per heavy atom. The molecule has 1 amide bonds. The van der Waals surface area contributed by atoms with Crippen LogP contribution in [0.3, 0.4) is 0 Å². The van der Waals surface area contributed by atoms with Crippen molar-refractivity contribution in [3.8, 4) is 0 Å². The van der Waals surface area contributed by atoms with Gasteiger partial charge in [-0.3, -0.25) is 13.8 Å². The SMILES string of the molecule is CN(C)CC(c1ccccc1)N(C)C(=O)c1ccc(Cl)cc1NS(=O)(=O)C1=CC=CN2SNC=C12. The third-order valence-electron chi connectivity index (χ3n) is 5.56. The molecular weight excluding hydrogens is 506 g/mol. The van der Waals surface area contributed by atoms with E-state index >= 15 is 0 Å². The van der Waals surface area contributed by atoms with E-state index in [4.69, 9.17) is 11.6 Å². The maximum Gasteiger partial charge on any atom is 0.264 e. The lowest BCUT2D eigenvalue weighted by atomic mass is 10.0. The second kappa shape index (κ2) is 10.4. The Hall–Kier alpha value is -2.92. The molecule has 11 heteroatoms. The fourth-order valence-corrected chi connectivity index (χ4v) is 6.00. The molecule has 0 bridgehead atoms. The third kappa shape index (κ3) is 5.51. The first kappa shape index (κ1) is 25.2. The Labute approximate surface area is 215 Å². The van der Waals surface area contributed by atoms with E-state index in [0.717, 1.165) is 5.56 Å². The van der Waals surface area contributed by atoms with Crippen LogP contribution in [0.15, 0.2) is 83.7 Å². The van der Waals surface area contributed by atoms with Crippen molar-refractivity contribution >= 4 is 45.4 Å². The van der Waals surface area contributed by atoms with Crippen LogP contribution in [0.4, 0.5) is 5.69 Å². The maximum absolute atomic E-state index is 13.7. The van der Waals surface area contributed by atoms with Crippen molar-refractivity contribution in [3.63, 3.8) is 0 Å². The number of sulfonamides is 1. The van der Waals surface area contributed by atoms with Crippen molar-refractivity contribution in [2.75, 3.05) is 32.4 Å². The fraction of sp³-hybridized carbons (Fsp3) is 0.208. The number of anilines is 1. The van der Waals surface area contributed by atoms with E-state index in [-0.39, 0.29) is 28.1 Å². The van der Waals surface area contributed by atoms with Crippen LogP contribution in [0, 0.1) is 0 Å². The number of allylic oxidation sites excluding steroid dienone is 2. The van der Waals surface area contributed by atoms with Crippen molar-refractivity contribution in [2.24, 2.45) is 0 Å². The number of carbonyl (C=O) groups is 1. The molecule has 2 N–H and O–H groups in total. The molecular formula is C24H26ClN5O3S2. The standard InChI is InChI=1S/C24H26ClN5O3S2/c1-28(2)16-22(17-8-5-4-6-9-17)29(3)24(31)19-12-11-18(25)14-20(19)27-35(32,33)23-10-7-13-30-21(23)15-26-34-30/h4-15,22,26-27H,16H2,1-3H3. The number of amides is 1. The van der Waals surface area contributed by atoms with Crippen molar-refractivity contribution < 1.29 is 13.2 Å². The van der Waals surface area contributed by atoms with Gasteiger partial charge in [-0.15, -0.1) is 0 Å². The van der Waals surface area contributed by atoms with Crippen LogP contribution in [0.25, 0.3) is 0 Å². The van der Waals surface area contributed by atoms with Gasteiger partial charge in [0.15, 0.2) is 0 Å². The van der Waals surface area contributed by atoms with Crippen molar-refractivity contribution in [1.29, 1.82) is 0 Å². The van der Waals surface area contributed by atoms with Crippen LogP contribution in [0.5, 0.6) is 0 Å². The van der Waals surface area contributed by atoms with E-state index in [0.29, 0.717) is 17.3 Å². The quantitative estimate of drug-likeness (QED) is 0.494. The number of hydrogen-bond acceptors (Lipinski definition) is 7. The van der Waals surface area contributed by atoms with Gasteiger partial charge in [0.05, 0.1) is 35.1 Å². The van der Waals surface area contributed by atoms with Gasteiger partial charge in [0.2, 0.25) is 0 Å². The van der Waals surface area contributed by atoms with Gasteiger partial charge in [0.1, 0.15) is 4.91 Å². The van der Waals surface area contributed by atoms with Gasteiger partial charge in [-0.1, -0.05) is 41.9 Å². The number of rotatable bonds is 8. The first-order chi connectivity index (χ1) is 16.7. The topological polar surface area (TPSA) is 85.0 Å². The van der Waals surface area contributed by atoms with E-state index in [9.17, 15) is 13.2 Å². The number of nitrogens with one attached hydrogen (secondary N) is 2. The zero-order chi connectivity index (χ0) is 25.2. The summed E-state index contributed by atoms with van der Waals surface area (Å²) in [5.41, 5.74) is 1.79. The van der Waals surface area contributed by atoms with Gasteiger partial charge in [-0.05, 0) is 50.0 Å². The molecule has 0 saturated heterocycles. The van der Waals surface area contributed by atoms with Gasteiger partial charge in [0.25, 0.3) is 15.9 Å². The first-order valence-corrected chi connectivity index (χ1v) is 13.4. The van der Waals surface area contributed by atoms with Crippen LogP contribution in [-0.2, 0) is 10.0 Å². The predicted octanol–water partition coefficient (Wildman–Crippen LogP) is 4.18. The minimum atomic E-state index is -4.02. The van der Waals surface area contributed by atoms with Gasteiger partial charge in [-0.25, -0.2) is 8.42 Å². The summed E-state index contributed by atoms with van der Waals surface area (Å²) in [5.74, 6) is -0.327. The number of hydrogen-bond donors (Lipinski definition) is 2. The van der Waals surface area contributed by atoms with Crippen LogP contribution in [0.1, 0.15) is 22.0 Å². The molecule has 0 radical (unpaired) electrons. The molecule has 2 heterocycles. The number of halogens is 1. The van der Waals surface area contributed by atoms with Gasteiger partial charge in [-0.2, -0.15) is 0 Å². The molecule has 2 aliphatic heterocycles. The molecule has 2 aliphatic rings. The second-order valence-corrected chi connectivity index (χ2v) is 11.2. The zero-order valence-electron chi connectivity index (χ0n) is 19.5. The van der Waals surface area contributed by atoms with Crippen LogP contribution < -0.4 is 9.44 Å². The number of carbonyl (C=O) groups excluding carboxylic acids is 1. The monoisotopic (exact) mass is 531 g/mol. The molecule has 184 valence electrons. The average Bonchev–Trinajstić information content (AvgIpc) is 3.31. The highest BCUT2D eigenvalue weighted by atomic mass is 35.5. The van der Waals surface area contributed by atoms with Gasteiger partial charge < -0.3 is 14.5 Å². The Kier molecular flexibility index (Phi) is 7.46. The average molecular weight is 532 g/mol. The van der Waals surface area contributed by atoms with Crippen LogP contribution in [-0.4, -0.2) is 56.1 Å². The number of fused-ring (bicyclic) bond motifs is 1. The highest BCUT2D eigenvalue weighted by Gasteiger charge is 2.31. The summed E-state index contributed by atoms with van der Waals surface area (Å²) in [5, 5.41) is 0.311. The normalized spacial score (nSPS) is 15.7. The van der Waals surface area contributed by atoms with Gasteiger partial charge >= 0.3 is 0 Å². The van der Waals surface area contributed by atoms with Gasteiger partial charge in [0, 0.05) is 31.0 Å². The van der Waals surface area contributed by atoms with E-state index in [1.807, 2.05) is 49.3 Å². The maximum atomic E-state index is 13.7. The highest BCUT2D eigenvalue weighted by Crippen LogP contribution is 2.35. The summed E-state index contributed by atoms with van der Waals surface area (Å²) in [6.45, 7) is 0.592. The second-order valence-electron chi connectivity index (χ2n) is 8.34. The molecule has 0 aromatic heterocycles. The number of benzene rings is 2. The van der Waals surface area contributed by atoms with Crippen molar-refractivity contribution in [3.05, 3.63) is 99.8 Å². The zero-order valence-corrected chi connectivity index (χ0v) is 21.9. The molecule has 1 atom stereocenters. The highest BCUT2D eigenvalue weighted by molar-refractivity contribution is 7.97. The van der Waals surface area contributed by atoms with E-state index in [2.05, 4.69) is 9.44 Å². The van der Waals surface area contributed by atoms with Crippen LogP contribution >= 0.6 is 23.7 Å². The summed E-state index contributed by atoms with van der Waals surface area (Å²) >= 11 is 7.46. The summed E-state index contributed by atoms with van der Waals surface area (Å²) in [6, 6.07) is 14.1. The summed E-state index contributed by atoms with van der Waals surface area (Å²) < 4.78 is 34.0. The largest absolute Gasteiger partial charge is 0.333 e. The molecule has 0 aliphatic carbocycles. The van der Waals surface area contributed by atoms with E-state index in [1.54, 1.807) is 46.9 Å². The Morgan fingerprint density at radius 1 is 1.17 bits per heavy atom. The lowest BCUT2D eigenvalue weighted by Gasteiger charge is -2.31. The van der Waals surface area contributed by atoms with Crippen molar-refractivity contribution in [2.45, 2.75) is 6.04 Å². The number of nitrogens with zero attached hydrogens (tertiary/aromatic N) is 3. The Balaban J connectivity index is 1.67. The van der Waals surface area contributed by atoms with Crippen LogP contribution in [0.2, 0.25) is 5.02 Å². The van der Waals surface area contributed by atoms with E-state index < -0.39 is 10.0 Å². The molecule has 2 aromatic carbocycles. The molecule has 4 rings (SSSR count). The predicted molar refractivity (Wildman–Crippen MR) is 142 cm³/mol.